The number of ether oxygens (including phenoxy) is 1. The van der Waals surface area contributed by atoms with E-state index in [-0.39, 0.29) is 12.3 Å². The zero-order valence-electron chi connectivity index (χ0n) is 20.5. The first-order valence-corrected chi connectivity index (χ1v) is 12.5. The van der Waals surface area contributed by atoms with Crippen LogP contribution >= 0.6 is 0 Å². The third-order valence-electron chi connectivity index (χ3n) is 6.93. The summed E-state index contributed by atoms with van der Waals surface area (Å²) in [7, 11) is 0. The lowest BCUT2D eigenvalue weighted by atomic mass is 9.91. The first kappa shape index (κ1) is 25.7. The molecule has 2 aliphatic carbocycles. The number of hydrazine groups is 1. The Morgan fingerprint density at radius 3 is 2.86 bits per heavy atom. The van der Waals surface area contributed by atoms with Gasteiger partial charge >= 0.3 is 5.69 Å². The predicted molar refractivity (Wildman–Crippen MR) is 134 cm³/mol. The van der Waals surface area contributed by atoms with Crippen LogP contribution in [0.25, 0.3) is 0 Å². The minimum Gasteiger partial charge on any atom is -0.490 e. The number of allylic oxidation sites excluding steroid dienone is 2. The SMILES string of the molecule is C#C/C(NNC[C@](O)(CC)c1ccc(F)c(OCC2CC2)c1)=C1/CC1CCCn1ccc(=O)[nH]c1=O. The van der Waals surface area contributed by atoms with E-state index in [0.29, 0.717) is 42.7 Å². The van der Waals surface area contributed by atoms with Gasteiger partial charge in [-0.15, -0.1) is 6.42 Å². The number of aliphatic hydroxyl groups is 1. The highest BCUT2D eigenvalue weighted by molar-refractivity contribution is 5.39. The normalized spacial score (nSPS) is 19.8. The Balaban J connectivity index is 1.29. The van der Waals surface area contributed by atoms with E-state index in [4.69, 9.17) is 11.2 Å². The number of halogens is 1. The fourth-order valence-corrected chi connectivity index (χ4v) is 4.23. The fourth-order valence-electron chi connectivity index (χ4n) is 4.23. The molecule has 2 saturated carbocycles. The average molecular weight is 497 g/mol. The summed E-state index contributed by atoms with van der Waals surface area (Å²) < 4.78 is 21.3. The van der Waals surface area contributed by atoms with Crippen molar-refractivity contribution >= 4 is 0 Å². The zero-order chi connectivity index (χ0) is 25.7. The molecule has 2 aliphatic rings. The second kappa shape index (κ2) is 11.1. The number of hydrogen-bond donors (Lipinski definition) is 4. The molecule has 4 N–H and O–H groups in total. The third kappa shape index (κ3) is 6.45. The molecule has 0 radical (unpaired) electrons. The Kier molecular flexibility index (Phi) is 7.97. The number of terminal acetylenes is 1. The highest BCUT2D eigenvalue weighted by Crippen LogP contribution is 2.43. The molecule has 9 heteroatoms. The number of nitrogens with one attached hydrogen (secondary N) is 3. The minimum atomic E-state index is -1.24. The Bertz CT molecular complexity index is 1270. The van der Waals surface area contributed by atoms with Crippen LogP contribution in [0.1, 0.15) is 51.0 Å². The fraction of sp³-hybridized carbons (Fsp3) is 0.481. The predicted octanol–water partition coefficient (Wildman–Crippen LogP) is 2.54. The number of hydrogen-bond acceptors (Lipinski definition) is 6. The van der Waals surface area contributed by atoms with Gasteiger partial charge in [0.15, 0.2) is 11.6 Å². The molecule has 2 aromatic rings. The minimum absolute atomic E-state index is 0.162. The van der Waals surface area contributed by atoms with Crippen molar-refractivity contribution in [3.8, 4) is 18.1 Å². The highest BCUT2D eigenvalue weighted by atomic mass is 19.1. The maximum Gasteiger partial charge on any atom is 0.328 e. The van der Waals surface area contributed by atoms with Crippen LogP contribution < -0.4 is 26.8 Å². The molecule has 0 saturated heterocycles. The second-order valence-corrected chi connectivity index (χ2v) is 9.65. The van der Waals surface area contributed by atoms with Gasteiger partial charge in [-0.05, 0) is 73.6 Å². The molecule has 1 heterocycles. The van der Waals surface area contributed by atoms with Crippen molar-refractivity contribution in [3.05, 3.63) is 74.0 Å². The summed E-state index contributed by atoms with van der Waals surface area (Å²) in [6.07, 6.45) is 12.3. The van der Waals surface area contributed by atoms with Crippen molar-refractivity contribution in [2.24, 2.45) is 11.8 Å². The van der Waals surface area contributed by atoms with Crippen LogP contribution in [0, 0.1) is 30.0 Å². The van der Waals surface area contributed by atoms with E-state index in [1.165, 1.54) is 22.9 Å². The summed E-state index contributed by atoms with van der Waals surface area (Å²) in [5.74, 6) is 3.23. The van der Waals surface area contributed by atoms with Crippen LogP contribution in [0.3, 0.4) is 0 Å². The molecule has 192 valence electrons. The summed E-state index contributed by atoms with van der Waals surface area (Å²) in [5.41, 5.74) is 6.38. The first-order chi connectivity index (χ1) is 17.3. The van der Waals surface area contributed by atoms with Crippen LogP contribution in [0.2, 0.25) is 0 Å². The largest absolute Gasteiger partial charge is 0.490 e. The van der Waals surface area contributed by atoms with Crippen molar-refractivity contribution in [2.45, 2.75) is 57.6 Å². The zero-order valence-corrected chi connectivity index (χ0v) is 20.5. The van der Waals surface area contributed by atoms with E-state index in [2.05, 4.69) is 21.8 Å². The summed E-state index contributed by atoms with van der Waals surface area (Å²) in [6, 6.07) is 5.82. The van der Waals surface area contributed by atoms with Gasteiger partial charge in [0.1, 0.15) is 5.60 Å². The molecule has 36 heavy (non-hydrogen) atoms. The summed E-state index contributed by atoms with van der Waals surface area (Å²) >= 11 is 0. The number of aromatic amines is 1. The van der Waals surface area contributed by atoms with Crippen molar-refractivity contribution in [1.82, 2.24) is 20.4 Å². The number of nitrogens with zero attached hydrogens (tertiary/aromatic N) is 1. The number of benzene rings is 1. The van der Waals surface area contributed by atoms with Gasteiger partial charge in [-0.25, -0.2) is 14.6 Å². The highest BCUT2D eigenvalue weighted by Gasteiger charge is 2.33. The molecule has 0 amide bonds. The molecule has 4 rings (SSSR count). The third-order valence-corrected chi connectivity index (χ3v) is 6.93. The molecule has 2 atom stereocenters. The number of aromatic nitrogens is 2. The standard InChI is InChI=1S/C27H33FN4O4/c1-3-23(21-14-19(21)6-5-12-32-13-11-25(33)30-26(32)34)31-29-17-27(35,4-2)20-9-10-22(28)24(15-20)36-16-18-7-8-18/h1,9-11,13,15,18-19,29,31,35H,4-8,12,14,16-17H2,2H3,(H,30,33,34)/b23-21+/t19?,27-/m1/s1. The van der Waals surface area contributed by atoms with E-state index in [1.807, 2.05) is 6.92 Å². The molecule has 1 unspecified atom stereocenters. The van der Waals surface area contributed by atoms with Gasteiger partial charge in [-0.3, -0.25) is 9.78 Å². The molecular weight excluding hydrogens is 463 g/mol. The van der Waals surface area contributed by atoms with Gasteiger partial charge in [0.2, 0.25) is 0 Å². The van der Waals surface area contributed by atoms with Crippen molar-refractivity contribution in [2.75, 3.05) is 13.2 Å². The molecule has 1 aromatic carbocycles. The number of H-pyrrole nitrogens is 1. The van der Waals surface area contributed by atoms with Gasteiger partial charge in [-0.1, -0.05) is 18.9 Å². The van der Waals surface area contributed by atoms with Gasteiger partial charge in [0.25, 0.3) is 5.56 Å². The maximum atomic E-state index is 14.2. The monoisotopic (exact) mass is 496 g/mol. The molecule has 0 aliphatic heterocycles. The number of rotatable bonds is 13. The molecular formula is C27H33FN4O4. The van der Waals surface area contributed by atoms with Crippen molar-refractivity contribution in [1.29, 1.82) is 0 Å². The molecule has 0 bridgehead atoms. The Hall–Kier alpha value is -3.35. The van der Waals surface area contributed by atoms with E-state index in [0.717, 1.165) is 37.7 Å². The van der Waals surface area contributed by atoms with Crippen molar-refractivity contribution in [3.63, 3.8) is 0 Å². The Labute approximate surface area is 209 Å². The lowest BCUT2D eigenvalue weighted by Gasteiger charge is -2.28. The van der Waals surface area contributed by atoms with Gasteiger partial charge < -0.3 is 19.8 Å². The van der Waals surface area contributed by atoms with Crippen molar-refractivity contribution < 1.29 is 14.2 Å². The van der Waals surface area contributed by atoms with Gasteiger partial charge in [0.05, 0.1) is 12.3 Å². The number of aryl methyl sites for hydroxylation is 1. The Morgan fingerprint density at radius 1 is 1.36 bits per heavy atom. The van der Waals surface area contributed by atoms with Crippen LogP contribution in [0.5, 0.6) is 5.75 Å². The summed E-state index contributed by atoms with van der Waals surface area (Å²) in [6.45, 7) is 3.03. The average Bonchev–Trinajstić information content (AvgIpc) is 3.79. The smallest absolute Gasteiger partial charge is 0.328 e. The lowest BCUT2D eigenvalue weighted by Crippen LogP contribution is -2.43. The van der Waals surface area contributed by atoms with E-state index < -0.39 is 22.7 Å². The van der Waals surface area contributed by atoms with Crippen LogP contribution in [0.4, 0.5) is 4.39 Å². The van der Waals surface area contributed by atoms with Gasteiger partial charge in [-0.2, -0.15) is 0 Å². The molecule has 8 nitrogen and oxygen atoms in total. The Morgan fingerprint density at radius 2 is 2.17 bits per heavy atom. The summed E-state index contributed by atoms with van der Waals surface area (Å²) in [5, 5.41) is 11.3. The maximum absolute atomic E-state index is 14.2. The topological polar surface area (TPSA) is 108 Å². The second-order valence-electron chi connectivity index (χ2n) is 9.65. The van der Waals surface area contributed by atoms with E-state index in [9.17, 15) is 19.1 Å². The van der Waals surface area contributed by atoms with E-state index in [1.54, 1.807) is 12.1 Å². The van der Waals surface area contributed by atoms with E-state index >= 15 is 0 Å². The quantitative estimate of drug-likeness (QED) is 0.251. The van der Waals surface area contributed by atoms with Crippen LogP contribution in [-0.4, -0.2) is 27.8 Å². The first-order valence-electron chi connectivity index (χ1n) is 12.5. The molecule has 0 spiro atoms. The van der Waals surface area contributed by atoms with Gasteiger partial charge in [0, 0.05) is 25.4 Å². The summed E-state index contributed by atoms with van der Waals surface area (Å²) in [4.78, 5) is 25.2. The molecule has 2 fully saturated rings. The van der Waals surface area contributed by atoms with Crippen LogP contribution in [0.15, 0.2) is 51.3 Å². The lowest BCUT2D eigenvalue weighted by molar-refractivity contribution is 0.0299. The molecule has 1 aromatic heterocycles. The van der Waals surface area contributed by atoms with Crippen LogP contribution in [-0.2, 0) is 12.1 Å².